The van der Waals surface area contributed by atoms with Crippen LogP contribution in [0.25, 0.3) is 5.76 Å². The molecule has 4 rings (SSSR count). The number of anilines is 3. The number of Topliss-reactive ketones (excluding diaryl/α,β-unsaturated/α-hetero) is 1. The van der Waals surface area contributed by atoms with Gasteiger partial charge in [0.05, 0.1) is 29.3 Å². The molecule has 1 unspecified atom stereocenters. The first-order valence-corrected chi connectivity index (χ1v) is 12.2. The lowest BCUT2D eigenvalue weighted by Crippen LogP contribution is -2.29. The molecular weight excluding hydrogens is 506 g/mol. The summed E-state index contributed by atoms with van der Waals surface area (Å²) in [6, 6.07) is 16.4. The van der Waals surface area contributed by atoms with Gasteiger partial charge in [-0.15, -0.1) is 0 Å². The van der Waals surface area contributed by atoms with Crippen LogP contribution in [0.4, 0.5) is 17.1 Å². The molecule has 0 radical (unpaired) electrons. The van der Waals surface area contributed by atoms with Gasteiger partial charge in [-0.25, -0.2) is 0 Å². The van der Waals surface area contributed by atoms with Crippen LogP contribution in [-0.4, -0.2) is 43.9 Å². The molecule has 38 heavy (non-hydrogen) atoms. The van der Waals surface area contributed by atoms with E-state index in [1.54, 1.807) is 43.3 Å². The standard InChI is InChI=1S/C29H28ClN3O5/c1-16-13-22(28(38-5)23(30)14-16)26(35)24-25(18-9-11-20(12-10-18)32(3)4)33(29(37)27(24)36)21-8-6-7-19(15-21)31-17(2)34/h6-15,25,35H,1-5H3,(H,31,34)/b26-24+. The van der Waals surface area contributed by atoms with Crippen molar-refractivity contribution in [1.29, 1.82) is 0 Å². The number of nitrogens with zero attached hydrogens (tertiary/aromatic N) is 2. The first-order chi connectivity index (χ1) is 18.0. The van der Waals surface area contributed by atoms with Crippen molar-refractivity contribution in [2.24, 2.45) is 0 Å². The largest absolute Gasteiger partial charge is 0.507 e. The molecule has 3 aromatic rings. The van der Waals surface area contributed by atoms with Gasteiger partial charge in [0, 0.05) is 38.1 Å². The molecule has 9 heteroatoms. The number of benzene rings is 3. The van der Waals surface area contributed by atoms with E-state index in [-0.39, 0.29) is 27.8 Å². The van der Waals surface area contributed by atoms with E-state index in [0.29, 0.717) is 16.9 Å². The minimum absolute atomic E-state index is 0.0995. The van der Waals surface area contributed by atoms with Crippen LogP contribution >= 0.6 is 11.6 Å². The Morgan fingerprint density at radius 1 is 1.08 bits per heavy atom. The van der Waals surface area contributed by atoms with Crippen molar-refractivity contribution in [2.45, 2.75) is 19.9 Å². The summed E-state index contributed by atoms with van der Waals surface area (Å²) < 4.78 is 5.44. The van der Waals surface area contributed by atoms with Crippen molar-refractivity contribution in [3.05, 3.63) is 87.9 Å². The first-order valence-electron chi connectivity index (χ1n) is 11.8. The number of amides is 2. The van der Waals surface area contributed by atoms with Crippen molar-refractivity contribution in [3.63, 3.8) is 0 Å². The highest BCUT2D eigenvalue weighted by Crippen LogP contribution is 2.45. The highest BCUT2D eigenvalue weighted by Gasteiger charge is 2.47. The molecule has 2 N–H and O–H groups in total. The molecule has 1 fully saturated rings. The minimum Gasteiger partial charge on any atom is -0.507 e. The fourth-order valence-electron chi connectivity index (χ4n) is 4.56. The molecule has 0 aromatic heterocycles. The van der Waals surface area contributed by atoms with E-state index in [1.165, 1.54) is 18.9 Å². The van der Waals surface area contributed by atoms with Crippen LogP contribution in [0.1, 0.15) is 29.7 Å². The topological polar surface area (TPSA) is 99.2 Å². The SMILES string of the molecule is COc1c(Cl)cc(C)cc1/C(O)=C1\C(=O)C(=O)N(c2cccc(NC(C)=O)c2)C1c1ccc(N(C)C)cc1. The van der Waals surface area contributed by atoms with Crippen molar-refractivity contribution >= 4 is 52.0 Å². The van der Waals surface area contributed by atoms with Gasteiger partial charge in [-0.05, 0) is 60.5 Å². The second-order valence-corrected chi connectivity index (χ2v) is 9.62. The summed E-state index contributed by atoms with van der Waals surface area (Å²) in [5.74, 6) is -2.15. The predicted octanol–water partition coefficient (Wildman–Crippen LogP) is 5.31. The average Bonchev–Trinajstić information content (AvgIpc) is 3.13. The molecule has 1 saturated heterocycles. The monoisotopic (exact) mass is 533 g/mol. The number of hydrogen-bond donors (Lipinski definition) is 2. The van der Waals surface area contributed by atoms with E-state index in [0.717, 1.165) is 11.3 Å². The number of rotatable bonds is 6. The van der Waals surface area contributed by atoms with Gasteiger partial charge in [0.15, 0.2) is 0 Å². The number of aryl methyl sites for hydroxylation is 1. The number of aliphatic hydroxyl groups excluding tert-OH is 1. The molecule has 0 saturated carbocycles. The zero-order valence-corrected chi connectivity index (χ0v) is 22.5. The minimum atomic E-state index is -0.956. The van der Waals surface area contributed by atoms with Crippen LogP contribution in [-0.2, 0) is 14.4 Å². The van der Waals surface area contributed by atoms with Crippen LogP contribution in [0, 0.1) is 6.92 Å². The molecule has 3 aromatic carbocycles. The summed E-state index contributed by atoms with van der Waals surface area (Å²) in [7, 11) is 5.22. The Kier molecular flexibility index (Phi) is 7.46. The smallest absolute Gasteiger partial charge is 0.300 e. The molecule has 2 amide bonds. The van der Waals surface area contributed by atoms with Gasteiger partial charge in [-0.2, -0.15) is 0 Å². The van der Waals surface area contributed by atoms with E-state index < -0.39 is 23.5 Å². The van der Waals surface area contributed by atoms with E-state index in [9.17, 15) is 19.5 Å². The molecule has 0 bridgehead atoms. The van der Waals surface area contributed by atoms with Gasteiger partial charge in [0.2, 0.25) is 5.91 Å². The zero-order chi connectivity index (χ0) is 27.7. The van der Waals surface area contributed by atoms with Gasteiger partial charge in [-0.1, -0.05) is 29.8 Å². The number of carbonyl (C=O) groups excluding carboxylic acids is 3. The van der Waals surface area contributed by atoms with Crippen LogP contribution < -0.4 is 19.9 Å². The predicted molar refractivity (Wildman–Crippen MR) is 149 cm³/mol. The number of ketones is 1. The number of ether oxygens (including phenoxy) is 1. The Balaban J connectivity index is 1.97. The van der Waals surface area contributed by atoms with Crippen molar-refractivity contribution < 1.29 is 24.2 Å². The summed E-state index contributed by atoms with van der Waals surface area (Å²) in [6.45, 7) is 3.18. The molecule has 0 aliphatic carbocycles. The number of nitrogens with one attached hydrogen (secondary N) is 1. The van der Waals surface area contributed by atoms with Crippen molar-refractivity contribution in [2.75, 3.05) is 36.3 Å². The Morgan fingerprint density at radius 3 is 2.37 bits per heavy atom. The summed E-state index contributed by atoms with van der Waals surface area (Å²) >= 11 is 6.37. The normalized spacial score (nSPS) is 16.5. The van der Waals surface area contributed by atoms with E-state index in [1.807, 2.05) is 43.3 Å². The van der Waals surface area contributed by atoms with Crippen molar-refractivity contribution in [1.82, 2.24) is 0 Å². The summed E-state index contributed by atoms with van der Waals surface area (Å²) in [6.07, 6.45) is 0. The van der Waals surface area contributed by atoms with Gasteiger partial charge < -0.3 is 20.1 Å². The third kappa shape index (κ3) is 4.95. The maximum absolute atomic E-state index is 13.5. The Labute approximate surface area is 226 Å². The Hall–Kier alpha value is -4.30. The lowest BCUT2D eigenvalue weighted by molar-refractivity contribution is -0.132. The molecular formula is C29H28ClN3O5. The second-order valence-electron chi connectivity index (χ2n) is 9.21. The van der Waals surface area contributed by atoms with Crippen LogP contribution in [0.2, 0.25) is 5.02 Å². The highest BCUT2D eigenvalue weighted by atomic mass is 35.5. The van der Waals surface area contributed by atoms with Crippen molar-refractivity contribution in [3.8, 4) is 5.75 Å². The van der Waals surface area contributed by atoms with Crippen LogP contribution in [0.5, 0.6) is 5.75 Å². The number of halogens is 1. The van der Waals surface area contributed by atoms with E-state index >= 15 is 0 Å². The third-order valence-corrected chi connectivity index (χ3v) is 6.54. The summed E-state index contributed by atoms with van der Waals surface area (Å²) in [5, 5.41) is 14.5. The maximum atomic E-state index is 13.5. The van der Waals surface area contributed by atoms with Gasteiger partial charge >= 0.3 is 0 Å². The Morgan fingerprint density at radius 2 is 1.76 bits per heavy atom. The third-order valence-electron chi connectivity index (χ3n) is 6.26. The Bertz CT molecular complexity index is 1460. The first kappa shape index (κ1) is 26.8. The quantitative estimate of drug-likeness (QED) is 0.253. The highest BCUT2D eigenvalue weighted by molar-refractivity contribution is 6.51. The van der Waals surface area contributed by atoms with E-state index in [2.05, 4.69) is 5.32 Å². The molecule has 8 nitrogen and oxygen atoms in total. The average molecular weight is 534 g/mol. The molecule has 196 valence electrons. The number of hydrogen-bond acceptors (Lipinski definition) is 6. The number of methoxy groups -OCH3 is 1. The van der Waals surface area contributed by atoms with Crippen LogP contribution in [0.15, 0.2) is 66.2 Å². The fraction of sp³-hybridized carbons (Fsp3) is 0.207. The zero-order valence-electron chi connectivity index (χ0n) is 21.7. The fourth-order valence-corrected chi connectivity index (χ4v) is 4.91. The molecule has 0 spiro atoms. The maximum Gasteiger partial charge on any atom is 0.300 e. The molecule has 1 aliphatic heterocycles. The van der Waals surface area contributed by atoms with Crippen LogP contribution in [0.3, 0.4) is 0 Å². The van der Waals surface area contributed by atoms with Gasteiger partial charge in [0.1, 0.15) is 11.5 Å². The summed E-state index contributed by atoms with van der Waals surface area (Å²) in [5.41, 5.74) is 3.22. The lowest BCUT2D eigenvalue weighted by Gasteiger charge is -2.26. The van der Waals surface area contributed by atoms with E-state index in [4.69, 9.17) is 16.3 Å². The molecule has 1 atom stereocenters. The number of carbonyl (C=O) groups is 3. The van der Waals surface area contributed by atoms with Gasteiger partial charge in [0.25, 0.3) is 11.7 Å². The summed E-state index contributed by atoms with van der Waals surface area (Å²) in [4.78, 5) is 41.9. The number of aliphatic hydroxyl groups is 1. The molecule has 1 aliphatic rings. The van der Waals surface area contributed by atoms with Gasteiger partial charge in [-0.3, -0.25) is 19.3 Å². The second kappa shape index (κ2) is 10.6. The molecule has 1 heterocycles. The lowest BCUT2D eigenvalue weighted by atomic mass is 9.94.